The largest absolute Gasteiger partial charge is 0.465 e. The summed E-state index contributed by atoms with van der Waals surface area (Å²) in [5.74, 6) is 1.26. The summed E-state index contributed by atoms with van der Waals surface area (Å²) in [6, 6.07) is 11.9. The van der Waals surface area contributed by atoms with Gasteiger partial charge in [0.05, 0.1) is 23.0 Å². The average Bonchev–Trinajstić information content (AvgIpc) is 3.35. The van der Waals surface area contributed by atoms with E-state index >= 15 is 0 Å². The van der Waals surface area contributed by atoms with Crippen LogP contribution in [0.5, 0.6) is 0 Å². The van der Waals surface area contributed by atoms with Crippen molar-refractivity contribution in [1.29, 1.82) is 0 Å². The molecule has 6 nitrogen and oxygen atoms in total. The summed E-state index contributed by atoms with van der Waals surface area (Å²) >= 11 is 0. The molecule has 1 aromatic carbocycles. The normalized spacial score (nSPS) is 20.5. The van der Waals surface area contributed by atoms with Gasteiger partial charge >= 0.3 is 0 Å². The highest BCUT2D eigenvalue weighted by molar-refractivity contribution is 6.09. The number of carbonyl (C=O) groups excluding carboxylic acids is 1. The monoisotopic (exact) mass is 458 g/mol. The number of fused-ring (bicyclic) bond motifs is 2. The van der Waals surface area contributed by atoms with E-state index in [0.717, 1.165) is 91.0 Å². The first-order valence-corrected chi connectivity index (χ1v) is 12.4. The van der Waals surface area contributed by atoms with E-state index in [1.54, 1.807) is 6.26 Å². The molecule has 1 N–H and O–H groups in total. The lowest BCUT2D eigenvalue weighted by molar-refractivity contribution is 0.0950. The van der Waals surface area contributed by atoms with Crippen molar-refractivity contribution >= 4 is 28.5 Å². The standard InChI is InChI=1S/C28H34N4O2/c1-20-17-21(19-22-7-5-16-34-22)27-24(18-20)26(23-8-3-4-9-25(23)30-27)28(33)29-10-6-11-32-14-12-31(2)13-15-32/h3-5,7-9,16,19-20H,6,10-15,17-18H2,1-2H3,(H,29,33)/b21-19-. The second kappa shape index (κ2) is 10.1. The lowest BCUT2D eigenvalue weighted by atomic mass is 9.80. The van der Waals surface area contributed by atoms with Gasteiger partial charge in [0.25, 0.3) is 5.91 Å². The third-order valence-corrected chi connectivity index (χ3v) is 7.04. The van der Waals surface area contributed by atoms with Crippen LogP contribution in [0.15, 0.2) is 47.1 Å². The average molecular weight is 459 g/mol. The van der Waals surface area contributed by atoms with Crippen LogP contribution in [-0.4, -0.2) is 67.0 Å². The number of rotatable bonds is 6. The van der Waals surface area contributed by atoms with Gasteiger partial charge in [0.2, 0.25) is 0 Å². The molecule has 1 amide bonds. The number of pyridine rings is 1. The summed E-state index contributed by atoms with van der Waals surface area (Å²) in [7, 11) is 2.17. The Kier molecular flexibility index (Phi) is 6.79. The molecular formula is C28H34N4O2. The van der Waals surface area contributed by atoms with Crippen molar-refractivity contribution in [3.8, 4) is 0 Å². The van der Waals surface area contributed by atoms with Crippen LogP contribution in [0.25, 0.3) is 22.6 Å². The second-order valence-corrected chi connectivity index (χ2v) is 9.78. The van der Waals surface area contributed by atoms with Gasteiger partial charge in [-0.25, -0.2) is 4.98 Å². The predicted molar refractivity (Wildman–Crippen MR) is 137 cm³/mol. The van der Waals surface area contributed by atoms with Crippen molar-refractivity contribution in [2.75, 3.05) is 46.3 Å². The molecular weight excluding hydrogens is 424 g/mol. The lowest BCUT2D eigenvalue weighted by Gasteiger charge is -2.32. The molecule has 0 bridgehead atoms. The van der Waals surface area contributed by atoms with Crippen LogP contribution in [-0.2, 0) is 6.42 Å². The molecule has 0 radical (unpaired) electrons. The highest BCUT2D eigenvalue weighted by Gasteiger charge is 2.28. The number of allylic oxidation sites excluding steroid dienone is 1. The fourth-order valence-corrected chi connectivity index (χ4v) is 5.20. The summed E-state index contributed by atoms with van der Waals surface area (Å²) in [4.78, 5) is 23.4. The number of furan rings is 1. The first-order chi connectivity index (χ1) is 16.6. The minimum absolute atomic E-state index is 0.0136. The Bertz CT molecular complexity index is 1180. The maximum atomic E-state index is 13.6. The SMILES string of the molecule is CC1C/C(=C/c2ccco2)c2nc3ccccc3c(C(=O)NCCCN3CCN(C)CC3)c2C1. The topological polar surface area (TPSA) is 61.6 Å². The zero-order valence-corrected chi connectivity index (χ0v) is 20.2. The number of hydrogen-bond acceptors (Lipinski definition) is 5. The van der Waals surface area contributed by atoms with Crippen molar-refractivity contribution in [3.05, 3.63) is 65.2 Å². The van der Waals surface area contributed by atoms with Gasteiger partial charge in [-0.1, -0.05) is 25.1 Å². The van der Waals surface area contributed by atoms with Crippen LogP contribution in [0, 0.1) is 5.92 Å². The van der Waals surface area contributed by atoms with E-state index in [1.165, 1.54) is 0 Å². The van der Waals surface area contributed by atoms with Gasteiger partial charge in [-0.2, -0.15) is 0 Å². The van der Waals surface area contributed by atoms with E-state index in [-0.39, 0.29) is 5.91 Å². The molecule has 1 aliphatic heterocycles. The first kappa shape index (κ1) is 22.8. The van der Waals surface area contributed by atoms with E-state index in [4.69, 9.17) is 9.40 Å². The molecule has 2 aromatic heterocycles. The summed E-state index contributed by atoms with van der Waals surface area (Å²) in [5, 5.41) is 4.16. The van der Waals surface area contributed by atoms with Crippen LogP contribution < -0.4 is 5.32 Å². The minimum atomic E-state index is 0.0136. The summed E-state index contributed by atoms with van der Waals surface area (Å²) in [5.41, 5.74) is 4.79. The van der Waals surface area contributed by atoms with Gasteiger partial charge < -0.3 is 19.5 Å². The van der Waals surface area contributed by atoms with E-state index < -0.39 is 0 Å². The Morgan fingerprint density at radius 1 is 1.15 bits per heavy atom. The van der Waals surface area contributed by atoms with E-state index in [1.807, 2.05) is 36.4 Å². The highest BCUT2D eigenvalue weighted by Crippen LogP contribution is 2.38. The lowest BCUT2D eigenvalue weighted by Crippen LogP contribution is -2.45. The number of para-hydroxylation sites is 1. The Labute approximate surface area is 201 Å². The Balaban J connectivity index is 1.40. The fraction of sp³-hybridized carbons (Fsp3) is 0.429. The van der Waals surface area contributed by atoms with Gasteiger partial charge in [-0.05, 0) is 74.2 Å². The van der Waals surface area contributed by atoms with Crippen LogP contribution in [0.2, 0.25) is 0 Å². The van der Waals surface area contributed by atoms with Crippen LogP contribution in [0.3, 0.4) is 0 Å². The van der Waals surface area contributed by atoms with Crippen LogP contribution in [0.4, 0.5) is 0 Å². The van der Waals surface area contributed by atoms with Crippen molar-refractivity contribution in [3.63, 3.8) is 0 Å². The fourth-order valence-electron chi connectivity index (χ4n) is 5.20. The molecule has 3 aromatic rings. The number of nitrogens with one attached hydrogen (secondary N) is 1. The molecule has 1 unspecified atom stereocenters. The number of benzene rings is 1. The third-order valence-electron chi connectivity index (χ3n) is 7.04. The molecule has 1 saturated heterocycles. The minimum Gasteiger partial charge on any atom is -0.465 e. The maximum absolute atomic E-state index is 13.6. The first-order valence-electron chi connectivity index (χ1n) is 12.4. The molecule has 6 heteroatoms. The van der Waals surface area contributed by atoms with E-state index in [9.17, 15) is 4.79 Å². The third kappa shape index (κ3) is 4.93. The quantitative estimate of drug-likeness (QED) is 0.558. The Hall–Kier alpha value is -2.96. The number of amides is 1. The van der Waals surface area contributed by atoms with E-state index in [2.05, 4.69) is 35.2 Å². The summed E-state index contributed by atoms with van der Waals surface area (Å²) in [6.07, 6.45) is 6.50. The van der Waals surface area contributed by atoms with Crippen LogP contribution in [0.1, 0.15) is 47.1 Å². The van der Waals surface area contributed by atoms with Gasteiger partial charge in [0.1, 0.15) is 5.76 Å². The number of nitrogens with zero attached hydrogens (tertiary/aromatic N) is 3. The highest BCUT2D eigenvalue weighted by atomic mass is 16.3. The van der Waals surface area contributed by atoms with Gasteiger partial charge in [0, 0.05) is 38.1 Å². The van der Waals surface area contributed by atoms with Crippen molar-refractivity contribution < 1.29 is 9.21 Å². The molecule has 1 aliphatic carbocycles. The van der Waals surface area contributed by atoms with Gasteiger partial charge in [0.15, 0.2) is 0 Å². The number of piperazine rings is 1. The molecule has 2 aliphatic rings. The number of aromatic nitrogens is 1. The van der Waals surface area contributed by atoms with Crippen molar-refractivity contribution in [1.82, 2.24) is 20.1 Å². The zero-order chi connectivity index (χ0) is 23.5. The van der Waals surface area contributed by atoms with Crippen molar-refractivity contribution in [2.24, 2.45) is 5.92 Å². The predicted octanol–water partition coefficient (Wildman–Crippen LogP) is 4.32. The molecule has 1 atom stereocenters. The Morgan fingerprint density at radius 3 is 2.76 bits per heavy atom. The molecule has 0 spiro atoms. The molecule has 1 fully saturated rings. The summed E-state index contributed by atoms with van der Waals surface area (Å²) < 4.78 is 5.58. The smallest absolute Gasteiger partial charge is 0.252 e. The van der Waals surface area contributed by atoms with Crippen LogP contribution >= 0.6 is 0 Å². The maximum Gasteiger partial charge on any atom is 0.252 e. The molecule has 3 heterocycles. The molecule has 34 heavy (non-hydrogen) atoms. The number of likely N-dealkylation sites (N-methyl/N-ethyl adjacent to an activating group) is 1. The summed E-state index contributed by atoms with van der Waals surface area (Å²) in [6.45, 7) is 8.40. The van der Waals surface area contributed by atoms with Crippen molar-refractivity contribution in [2.45, 2.75) is 26.2 Å². The van der Waals surface area contributed by atoms with E-state index in [0.29, 0.717) is 12.5 Å². The second-order valence-electron chi connectivity index (χ2n) is 9.78. The molecule has 5 rings (SSSR count). The van der Waals surface area contributed by atoms with Gasteiger partial charge in [-0.15, -0.1) is 0 Å². The zero-order valence-electron chi connectivity index (χ0n) is 20.2. The number of hydrogen-bond donors (Lipinski definition) is 1. The Morgan fingerprint density at radius 2 is 1.97 bits per heavy atom. The molecule has 178 valence electrons. The number of carbonyl (C=O) groups is 1. The van der Waals surface area contributed by atoms with Gasteiger partial charge in [-0.3, -0.25) is 4.79 Å². The molecule has 0 saturated carbocycles.